The monoisotopic (exact) mass is 467 g/mol. The maximum atomic E-state index is 13.1. The summed E-state index contributed by atoms with van der Waals surface area (Å²) in [6.07, 6.45) is 2.39. The molecular weight excluding hydrogens is 438 g/mol. The molecule has 0 radical (unpaired) electrons. The van der Waals surface area contributed by atoms with E-state index in [0.29, 0.717) is 19.4 Å². The van der Waals surface area contributed by atoms with E-state index in [1.165, 1.54) is 23.6 Å². The number of rotatable bonds is 4. The van der Waals surface area contributed by atoms with E-state index in [0.717, 1.165) is 24.0 Å². The Bertz CT molecular complexity index is 1190. The molecule has 1 aromatic heterocycles. The van der Waals surface area contributed by atoms with Crippen molar-refractivity contribution in [2.75, 3.05) is 14.1 Å². The van der Waals surface area contributed by atoms with E-state index in [2.05, 4.69) is 15.6 Å². The second-order valence-corrected chi connectivity index (χ2v) is 9.40. The van der Waals surface area contributed by atoms with Crippen LogP contribution in [0.4, 0.5) is 0 Å². The fraction of sp³-hybridized carbons (Fsp3) is 0.458. The van der Waals surface area contributed by atoms with Gasteiger partial charge in [-0.3, -0.25) is 23.7 Å². The van der Waals surface area contributed by atoms with Crippen LogP contribution in [0.5, 0.6) is 5.75 Å². The molecular formula is C24H29N5O5. The lowest BCUT2D eigenvalue weighted by Gasteiger charge is -2.37. The Morgan fingerprint density at radius 1 is 1.18 bits per heavy atom. The minimum absolute atomic E-state index is 0.177. The summed E-state index contributed by atoms with van der Waals surface area (Å²) in [6.45, 7) is 2.49. The Balaban J connectivity index is 1.70. The van der Waals surface area contributed by atoms with Crippen molar-refractivity contribution in [3.8, 4) is 5.75 Å². The molecule has 10 nitrogen and oxygen atoms in total. The summed E-state index contributed by atoms with van der Waals surface area (Å²) in [6, 6.07) is 7.59. The molecule has 34 heavy (non-hydrogen) atoms. The molecule has 5 rings (SSSR count). The van der Waals surface area contributed by atoms with Gasteiger partial charge in [0.05, 0.1) is 5.54 Å². The summed E-state index contributed by atoms with van der Waals surface area (Å²) in [4.78, 5) is 56.5. The fourth-order valence-electron chi connectivity index (χ4n) is 4.70. The van der Waals surface area contributed by atoms with E-state index < -0.39 is 34.6 Å². The van der Waals surface area contributed by atoms with E-state index >= 15 is 0 Å². The molecule has 3 aliphatic rings. The lowest BCUT2D eigenvalue weighted by atomic mass is 9.77. The number of nitrogens with one attached hydrogen (secondary N) is 2. The van der Waals surface area contributed by atoms with Crippen LogP contribution in [0.1, 0.15) is 53.1 Å². The highest BCUT2D eigenvalue weighted by atomic mass is 16.3. The van der Waals surface area contributed by atoms with Gasteiger partial charge in [0.15, 0.2) is 5.69 Å². The van der Waals surface area contributed by atoms with Crippen LogP contribution in [0, 0.1) is 12.8 Å². The van der Waals surface area contributed by atoms with Crippen molar-refractivity contribution in [2.45, 2.75) is 51.2 Å². The van der Waals surface area contributed by atoms with Gasteiger partial charge < -0.3 is 20.6 Å². The number of aryl methyl sites for hydroxylation is 1. The molecule has 180 valence electrons. The normalized spacial score (nSPS) is 20.7. The van der Waals surface area contributed by atoms with E-state index in [1.54, 1.807) is 0 Å². The zero-order valence-electron chi connectivity index (χ0n) is 19.6. The zero-order chi connectivity index (χ0) is 24.6. The van der Waals surface area contributed by atoms with Crippen molar-refractivity contribution in [3.63, 3.8) is 0 Å². The Morgan fingerprint density at radius 3 is 2.44 bits per heavy atom. The van der Waals surface area contributed by atoms with E-state index in [-0.39, 0.29) is 24.0 Å². The molecule has 1 aromatic carbocycles. The van der Waals surface area contributed by atoms with Gasteiger partial charge in [0.2, 0.25) is 5.75 Å². The van der Waals surface area contributed by atoms with Crippen molar-refractivity contribution in [3.05, 3.63) is 57.3 Å². The molecule has 2 bridgehead atoms. The van der Waals surface area contributed by atoms with Gasteiger partial charge in [0, 0.05) is 27.2 Å². The first-order valence-electron chi connectivity index (χ1n) is 11.3. The summed E-state index contributed by atoms with van der Waals surface area (Å²) in [7, 11) is 2.96. The Kier molecular flexibility index (Phi) is 6.16. The molecule has 10 heteroatoms. The third-order valence-electron chi connectivity index (χ3n) is 6.71. The first-order chi connectivity index (χ1) is 16.1. The molecule has 1 saturated carbocycles. The third kappa shape index (κ3) is 4.27. The predicted octanol–water partition coefficient (Wildman–Crippen LogP) is 0.791. The van der Waals surface area contributed by atoms with Crippen molar-refractivity contribution in [1.82, 2.24) is 25.1 Å². The maximum absolute atomic E-state index is 13.1. The molecule has 3 amide bonds. The van der Waals surface area contributed by atoms with Crippen LogP contribution in [0.2, 0.25) is 0 Å². The number of aromatic nitrogens is 2. The van der Waals surface area contributed by atoms with E-state index in [4.69, 9.17) is 0 Å². The fourth-order valence-corrected chi connectivity index (χ4v) is 4.70. The SMILES string of the molecule is Cc1ccc(CNC(=O)c2nc3n(c(=O)c2O)CC2CCC3(NC(=O)C(=O)N(C)C)CC2)cc1. The standard InChI is InChI=1S/C24H29N5O5/c1-14-4-6-15(7-5-14)12-25-19(31)17-18(30)21(33)29-13-16-8-10-24(11-9-16,23(29)26-17)27-20(32)22(34)28(2)3/h4-7,16,30H,8-13H2,1-3H3,(H,25,31)(H,27,32). The van der Waals surface area contributed by atoms with Crippen LogP contribution in [0.25, 0.3) is 0 Å². The molecule has 1 aliphatic carbocycles. The molecule has 3 N–H and O–H groups in total. The number of fused-ring (bicyclic) bond motifs is 2. The lowest BCUT2D eigenvalue weighted by Crippen LogP contribution is -2.53. The number of nitrogens with zero attached hydrogens (tertiary/aromatic N) is 3. The lowest BCUT2D eigenvalue weighted by molar-refractivity contribution is -0.145. The van der Waals surface area contributed by atoms with Crippen LogP contribution in [-0.4, -0.2) is 51.4 Å². The van der Waals surface area contributed by atoms with Gasteiger partial charge in [0.25, 0.3) is 11.5 Å². The summed E-state index contributed by atoms with van der Waals surface area (Å²) >= 11 is 0. The molecule has 0 saturated heterocycles. The van der Waals surface area contributed by atoms with Gasteiger partial charge in [-0.05, 0) is 44.1 Å². The summed E-state index contributed by atoms with van der Waals surface area (Å²) in [5.41, 5.74) is -0.245. The van der Waals surface area contributed by atoms with Gasteiger partial charge in [-0.2, -0.15) is 0 Å². The number of aromatic hydroxyl groups is 1. The second-order valence-electron chi connectivity index (χ2n) is 9.40. The Hall–Kier alpha value is -3.69. The zero-order valence-corrected chi connectivity index (χ0v) is 19.6. The molecule has 3 heterocycles. The molecule has 0 atom stereocenters. The average molecular weight is 468 g/mol. The van der Waals surface area contributed by atoms with Crippen LogP contribution < -0.4 is 16.2 Å². The van der Waals surface area contributed by atoms with Gasteiger partial charge >= 0.3 is 11.8 Å². The van der Waals surface area contributed by atoms with E-state index in [9.17, 15) is 24.3 Å². The van der Waals surface area contributed by atoms with Crippen molar-refractivity contribution in [2.24, 2.45) is 5.92 Å². The maximum Gasteiger partial charge on any atom is 0.311 e. The number of benzene rings is 1. The number of carbonyl (C=O) groups is 3. The topological polar surface area (TPSA) is 134 Å². The Morgan fingerprint density at radius 2 is 1.82 bits per heavy atom. The first-order valence-corrected chi connectivity index (χ1v) is 11.3. The minimum atomic E-state index is -1.07. The summed E-state index contributed by atoms with van der Waals surface area (Å²) in [5.74, 6) is -2.55. The first kappa shape index (κ1) is 23.5. The second kappa shape index (κ2) is 8.92. The summed E-state index contributed by atoms with van der Waals surface area (Å²) in [5, 5.41) is 16.1. The number of carbonyl (C=O) groups excluding carboxylic acids is 3. The highest BCUT2D eigenvalue weighted by molar-refractivity contribution is 6.35. The van der Waals surface area contributed by atoms with E-state index in [1.807, 2.05) is 31.2 Å². The Labute approximate surface area is 197 Å². The summed E-state index contributed by atoms with van der Waals surface area (Å²) < 4.78 is 1.34. The number of hydrogen-bond donors (Lipinski definition) is 3. The van der Waals surface area contributed by atoms with Crippen molar-refractivity contribution >= 4 is 17.7 Å². The van der Waals surface area contributed by atoms with Gasteiger partial charge in [-0.15, -0.1) is 0 Å². The minimum Gasteiger partial charge on any atom is -0.501 e. The van der Waals surface area contributed by atoms with Crippen LogP contribution in [-0.2, 0) is 28.2 Å². The average Bonchev–Trinajstić information content (AvgIpc) is 3.06. The predicted molar refractivity (Wildman–Crippen MR) is 123 cm³/mol. The smallest absolute Gasteiger partial charge is 0.311 e. The number of likely N-dealkylation sites (N-methyl/N-ethyl adjacent to an activating group) is 1. The molecule has 2 aliphatic heterocycles. The van der Waals surface area contributed by atoms with Gasteiger partial charge in [-0.1, -0.05) is 29.8 Å². The molecule has 0 unspecified atom stereocenters. The third-order valence-corrected chi connectivity index (χ3v) is 6.71. The molecule has 0 spiro atoms. The van der Waals surface area contributed by atoms with Crippen LogP contribution in [0.15, 0.2) is 29.1 Å². The largest absolute Gasteiger partial charge is 0.501 e. The van der Waals surface area contributed by atoms with Crippen molar-refractivity contribution < 1.29 is 19.5 Å². The van der Waals surface area contributed by atoms with Gasteiger partial charge in [0.1, 0.15) is 5.82 Å². The molecule has 2 aromatic rings. The number of amides is 3. The van der Waals surface area contributed by atoms with Crippen molar-refractivity contribution in [1.29, 1.82) is 0 Å². The molecule has 1 fully saturated rings. The van der Waals surface area contributed by atoms with Crippen LogP contribution in [0.3, 0.4) is 0 Å². The highest BCUT2D eigenvalue weighted by Gasteiger charge is 2.46. The highest BCUT2D eigenvalue weighted by Crippen LogP contribution is 2.42. The van der Waals surface area contributed by atoms with Gasteiger partial charge in [-0.25, -0.2) is 4.98 Å². The quantitative estimate of drug-likeness (QED) is 0.570. The van der Waals surface area contributed by atoms with Crippen LogP contribution >= 0.6 is 0 Å². The number of hydrogen-bond acceptors (Lipinski definition) is 6.